The second kappa shape index (κ2) is 8.39. The Bertz CT molecular complexity index is 754. The van der Waals surface area contributed by atoms with Crippen molar-refractivity contribution in [1.82, 2.24) is 0 Å². The fourth-order valence-electron chi connectivity index (χ4n) is 5.82. The molecule has 4 rings (SSSR count). The molecular weight excluding hydrogens is 408 g/mol. The Morgan fingerprint density at radius 2 is 1.36 bits per heavy atom. The molecule has 0 aromatic heterocycles. The molecule has 0 spiro atoms. The van der Waals surface area contributed by atoms with Crippen LogP contribution >= 0.6 is 0 Å². The maximum atomic E-state index is 10.5. The largest absolute Gasteiger partial charge is 1.00 e. The summed E-state index contributed by atoms with van der Waals surface area (Å²) in [6.07, 6.45) is 7.51. The lowest BCUT2D eigenvalue weighted by molar-refractivity contribution is -0.950. The topological polar surface area (TPSA) is 23.8 Å². The van der Waals surface area contributed by atoms with Crippen LogP contribution in [0.4, 0.5) is 0 Å². The Labute approximate surface area is 180 Å². The van der Waals surface area contributed by atoms with Crippen molar-refractivity contribution in [1.29, 1.82) is 5.26 Å². The van der Waals surface area contributed by atoms with Crippen LogP contribution in [-0.4, -0.2) is 30.7 Å². The van der Waals surface area contributed by atoms with Gasteiger partial charge in [-0.15, -0.1) is 0 Å². The third kappa shape index (κ3) is 3.65. The van der Waals surface area contributed by atoms with Crippen LogP contribution in [0.3, 0.4) is 0 Å². The summed E-state index contributed by atoms with van der Waals surface area (Å²) in [4.78, 5) is 0. The highest BCUT2D eigenvalue weighted by molar-refractivity contribution is 5.45. The smallest absolute Gasteiger partial charge is 0.107 e. The van der Waals surface area contributed by atoms with Gasteiger partial charge in [-0.1, -0.05) is 60.7 Å². The third-order valence-corrected chi connectivity index (χ3v) is 7.49. The van der Waals surface area contributed by atoms with Crippen molar-refractivity contribution in [2.75, 3.05) is 14.1 Å². The van der Waals surface area contributed by atoms with Crippen molar-refractivity contribution < 1.29 is 21.5 Å². The van der Waals surface area contributed by atoms with E-state index in [1.54, 1.807) is 0 Å². The molecule has 28 heavy (non-hydrogen) atoms. The highest BCUT2D eigenvalue weighted by Crippen LogP contribution is 2.46. The van der Waals surface area contributed by atoms with Gasteiger partial charge in [0, 0.05) is 12.8 Å². The van der Waals surface area contributed by atoms with Gasteiger partial charge in [0.25, 0.3) is 0 Å². The Kier molecular flexibility index (Phi) is 6.32. The quantitative estimate of drug-likeness (QED) is 0.671. The van der Waals surface area contributed by atoms with E-state index in [0.717, 1.165) is 29.6 Å². The van der Waals surface area contributed by atoms with Crippen LogP contribution in [0, 0.1) is 17.2 Å². The standard InChI is InChI=1S/C25H31N2.BrH/c1-27(2)23-14-9-15-24(27)17-20(16-23)18-25(19-26,21-10-5-3-6-11-21)22-12-7-4-8-13-22;/h3-8,10-13,20,23-24H,9,14-18H2,1-2H3;1H/q+1;/p-1/t20?,23-,24+;. The third-order valence-electron chi connectivity index (χ3n) is 7.49. The van der Waals surface area contributed by atoms with Crippen LogP contribution < -0.4 is 17.0 Å². The zero-order chi connectivity index (χ0) is 18.9. The molecule has 2 nitrogen and oxygen atoms in total. The van der Waals surface area contributed by atoms with Gasteiger partial charge in [-0.05, 0) is 42.7 Å². The molecule has 148 valence electrons. The molecular formula is C25H31BrN2. The van der Waals surface area contributed by atoms with Gasteiger partial charge in [-0.3, -0.25) is 0 Å². The Balaban J connectivity index is 0.00000225. The Hall–Kier alpha value is -1.63. The van der Waals surface area contributed by atoms with Crippen molar-refractivity contribution in [2.45, 2.75) is 56.0 Å². The molecule has 2 aromatic rings. The molecule has 2 aliphatic rings. The minimum Gasteiger partial charge on any atom is -1.00 e. The van der Waals surface area contributed by atoms with Crippen LogP contribution in [0.15, 0.2) is 60.7 Å². The average Bonchev–Trinajstić information content (AvgIpc) is 2.68. The van der Waals surface area contributed by atoms with Crippen LogP contribution in [0.5, 0.6) is 0 Å². The molecule has 2 bridgehead atoms. The number of quaternary nitrogens is 1. The lowest BCUT2D eigenvalue weighted by Gasteiger charge is -2.54. The molecule has 1 unspecified atom stereocenters. The highest BCUT2D eigenvalue weighted by atomic mass is 79.9. The van der Waals surface area contributed by atoms with Crippen LogP contribution in [0.1, 0.15) is 49.7 Å². The predicted octanol–water partition coefficient (Wildman–Crippen LogP) is 2.30. The maximum absolute atomic E-state index is 10.5. The van der Waals surface area contributed by atoms with Crippen molar-refractivity contribution in [3.63, 3.8) is 0 Å². The molecule has 2 aromatic carbocycles. The number of nitriles is 1. The molecule has 2 saturated heterocycles. The first kappa shape index (κ1) is 21.1. The summed E-state index contributed by atoms with van der Waals surface area (Å²) in [5.74, 6) is 0.617. The van der Waals surface area contributed by atoms with Gasteiger partial charge in [-0.25, -0.2) is 0 Å². The molecule has 0 saturated carbocycles. The Morgan fingerprint density at radius 1 is 0.893 bits per heavy atom. The van der Waals surface area contributed by atoms with E-state index in [2.05, 4.69) is 68.7 Å². The average molecular weight is 439 g/mol. The van der Waals surface area contributed by atoms with Crippen molar-refractivity contribution >= 4 is 0 Å². The normalized spacial score (nSPS) is 26.0. The van der Waals surface area contributed by atoms with Crippen LogP contribution in [0.25, 0.3) is 0 Å². The summed E-state index contributed by atoms with van der Waals surface area (Å²) >= 11 is 0. The lowest BCUT2D eigenvalue weighted by atomic mass is 9.65. The van der Waals surface area contributed by atoms with Gasteiger partial charge in [0.2, 0.25) is 0 Å². The number of nitrogens with zero attached hydrogens (tertiary/aromatic N) is 2. The molecule has 2 fully saturated rings. The molecule has 2 aliphatic heterocycles. The van der Waals surface area contributed by atoms with E-state index in [9.17, 15) is 5.26 Å². The van der Waals surface area contributed by atoms with Gasteiger partial charge in [0.15, 0.2) is 0 Å². The summed E-state index contributed by atoms with van der Waals surface area (Å²) in [6.45, 7) is 0. The van der Waals surface area contributed by atoms with Gasteiger partial charge in [-0.2, -0.15) is 5.26 Å². The Morgan fingerprint density at radius 3 is 1.79 bits per heavy atom. The number of hydrogen-bond donors (Lipinski definition) is 0. The fraction of sp³-hybridized carbons (Fsp3) is 0.480. The van der Waals surface area contributed by atoms with Crippen LogP contribution in [-0.2, 0) is 5.41 Å². The van der Waals surface area contributed by atoms with E-state index in [1.165, 1.54) is 36.6 Å². The van der Waals surface area contributed by atoms with Crippen molar-refractivity contribution in [2.24, 2.45) is 5.92 Å². The minimum atomic E-state index is -0.546. The number of hydrogen-bond acceptors (Lipinski definition) is 1. The predicted molar refractivity (Wildman–Crippen MR) is 110 cm³/mol. The number of fused-ring (bicyclic) bond motifs is 2. The minimum absolute atomic E-state index is 0. The monoisotopic (exact) mass is 438 g/mol. The summed E-state index contributed by atoms with van der Waals surface area (Å²) in [7, 11) is 4.85. The van der Waals surface area contributed by atoms with Crippen molar-refractivity contribution in [3.05, 3.63) is 71.8 Å². The van der Waals surface area contributed by atoms with Crippen molar-refractivity contribution in [3.8, 4) is 6.07 Å². The van der Waals surface area contributed by atoms with Gasteiger partial charge >= 0.3 is 0 Å². The molecule has 0 aliphatic carbocycles. The maximum Gasteiger partial charge on any atom is 0.107 e. The number of rotatable bonds is 4. The zero-order valence-corrected chi connectivity index (χ0v) is 18.6. The van der Waals surface area contributed by atoms with E-state index in [0.29, 0.717) is 5.92 Å². The molecule has 0 N–H and O–H groups in total. The van der Waals surface area contributed by atoms with Gasteiger partial charge < -0.3 is 21.5 Å². The fourth-order valence-corrected chi connectivity index (χ4v) is 5.82. The summed E-state index contributed by atoms with van der Waals surface area (Å²) < 4.78 is 1.19. The van der Waals surface area contributed by atoms with Gasteiger partial charge in [0.05, 0.1) is 32.2 Å². The van der Waals surface area contributed by atoms with Gasteiger partial charge in [0.1, 0.15) is 5.41 Å². The van der Waals surface area contributed by atoms with E-state index >= 15 is 0 Å². The summed E-state index contributed by atoms with van der Waals surface area (Å²) in [6, 6.07) is 25.2. The molecule has 0 radical (unpaired) electrons. The second-order valence-electron chi connectivity index (χ2n) is 9.16. The zero-order valence-electron chi connectivity index (χ0n) is 17.0. The molecule has 2 heterocycles. The van der Waals surface area contributed by atoms with E-state index in [4.69, 9.17) is 0 Å². The van der Waals surface area contributed by atoms with E-state index < -0.39 is 5.41 Å². The molecule has 3 atom stereocenters. The summed E-state index contributed by atoms with van der Waals surface area (Å²) in [5.41, 5.74) is 1.74. The first-order chi connectivity index (χ1) is 13.1. The SMILES string of the molecule is C[N+]1(C)[C@@H]2CCC[C@H]1CC(CC(C#N)(c1ccccc1)c1ccccc1)C2.[Br-]. The van der Waals surface area contributed by atoms with E-state index in [1.807, 2.05) is 12.1 Å². The lowest BCUT2D eigenvalue weighted by Crippen LogP contribution is -3.00. The number of piperidine rings is 2. The second-order valence-corrected chi connectivity index (χ2v) is 9.16. The van der Waals surface area contributed by atoms with Crippen LogP contribution in [0.2, 0.25) is 0 Å². The summed E-state index contributed by atoms with van der Waals surface area (Å²) in [5, 5.41) is 10.5. The first-order valence-electron chi connectivity index (χ1n) is 10.4. The number of benzene rings is 2. The molecule has 0 amide bonds. The number of halogens is 1. The first-order valence-corrected chi connectivity index (χ1v) is 10.4. The van der Waals surface area contributed by atoms with E-state index in [-0.39, 0.29) is 17.0 Å². The molecule has 3 heteroatoms. The highest BCUT2D eigenvalue weighted by Gasteiger charge is 2.48.